The standard InChI is InChI=1S/C24H30N4O3/c1-18-7-12-22(25-17-18)27-13-15-28(16-14-27)24(30)31-21-10-8-20(9-11-21)26-23(29)19-5-3-2-4-6-19/h7-12,17,19H,2-6,13-16H2,1H3,(H,26,29). The third kappa shape index (κ3) is 5.54. The Morgan fingerprint density at radius 1 is 0.968 bits per heavy atom. The number of aromatic nitrogens is 1. The van der Waals surface area contributed by atoms with Crippen LogP contribution in [0.15, 0.2) is 42.6 Å². The zero-order valence-electron chi connectivity index (χ0n) is 18.0. The lowest BCUT2D eigenvalue weighted by molar-refractivity contribution is -0.120. The molecular formula is C24H30N4O3. The first kappa shape index (κ1) is 21.2. The van der Waals surface area contributed by atoms with Crippen LogP contribution >= 0.6 is 0 Å². The molecule has 0 bridgehead atoms. The van der Waals surface area contributed by atoms with Gasteiger partial charge in [0.1, 0.15) is 11.6 Å². The SMILES string of the molecule is Cc1ccc(N2CCN(C(=O)Oc3ccc(NC(=O)C4CCCCC4)cc3)CC2)nc1. The molecule has 1 aliphatic heterocycles. The van der Waals surface area contributed by atoms with E-state index in [1.165, 1.54) is 6.42 Å². The monoisotopic (exact) mass is 422 g/mol. The van der Waals surface area contributed by atoms with Crippen molar-refractivity contribution in [2.24, 2.45) is 5.92 Å². The molecule has 1 aromatic heterocycles. The van der Waals surface area contributed by atoms with Gasteiger partial charge in [-0.3, -0.25) is 4.79 Å². The average molecular weight is 423 g/mol. The van der Waals surface area contributed by atoms with Gasteiger partial charge in [0.2, 0.25) is 5.91 Å². The van der Waals surface area contributed by atoms with E-state index in [0.29, 0.717) is 18.8 Å². The molecule has 31 heavy (non-hydrogen) atoms. The van der Waals surface area contributed by atoms with Crippen molar-refractivity contribution in [3.05, 3.63) is 48.2 Å². The third-order valence-electron chi connectivity index (χ3n) is 6.06. The average Bonchev–Trinajstić information content (AvgIpc) is 2.81. The van der Waals surface area contributed by atoms with E-state index in [0.717, 1.165) is 55.8 Å². The lowest BCUT2D eigenvalue weighted by Crippen LogP contribution is -2.49. The van der Waals surface area contributed by atoms with Gasteiger partial charge in [-0.15, -0.1) is 0 Å². The maximum Gasteiger partial charge on any atom is 0.415 e. The zero-order valence-corrected chi connectivity index (χ0v) is 18.0. The van der Waals surface area contributed by atoms with E-state index in [2.05, 4.69) is 15.2 Å². The van der Waals surface area contributed by atoms with Crippen LogP contribution in [-0.4, -0.2) is 48.1 Å². The highest BCUT2D eigenvalue weighted by Gasteiger charge is 2.24. The van der Waals surface area contributed by atoms with Crippen LogP contribution in [0.3, 0.4) is 0 Å². The molecule has 2 heterocycles. The molecule has 2 fully saturated rings. The van der Waals surface area contributed by atoms with Crippen molar-refractivity contribution >= 4 is 23.5 Å². The van der Waals surface area contributed by atoms with Gasteiger partial charge in [0.25, 0.3) is 0 Å². The Kier molecular flexibility index (Phi) is 6.70. The molecule has 1 saturated heterocycles. The third-order valence-corrected chi connectivity index (χ3v) is 6.06. The smallest absolute Gasteiger partial charge is 0.410 e. The summed E-state index contributed by atoms with van der Waals surface area (Å²) < 4.78 is 5.53. The Morgan fingerprint density at radius 3 is 2.32 bits per heavy atom. The van der Waals surface area contributed by atoms with Gasteiger partial charge >= 0.3 is 6.09 Å². The van der Waals surface area contributed by atoms with Crippen molar-refractivity contribution in [3.8, 4) is 5.75 Å². The van der Waals surface area contributed by atoms with Gasteiger partial charge in [0.05, 0.1) is 0 Å². The van der Waals surface area contributed by atoms with Crippen molar-refractivity contribution < 1.29 is 14.3 Å². The molecule has 7 nitrogen and oxygen atoms in total. The van der Waals surface area contributed by atoms with E-state index in [-0.39, 0.29) is 17.9 Å². The zero-order chi connectivity index (χ0) is 21.6. The molecule has 164 valence electrons. The van der Waals surface area contributed by atoms with Gasteiger partial charge < -0.3 is 19.9 Å². The van der Waals surface area contributed by atoms with E-state index < -0.39 is 0 Å². The number of ether oxygens (including phenoxy) is 1. The summed E-state index contributed by atoms with van der Waals surface area (Å²) in [6.07, 6.45) is 6.92. The Labute approximate surface area is 183 Å². The normalized spacial score (nSPS) is 17.3. The Hall–Kier alpha value is -3.09. The molecular weight excluding hydrogens is 392 g/mol. The number of anilines is 2. The highest BCUT2D eigenvalue weighted by molar-refractivity contribution is 5.92. The maximum absolute atomic E-state index is 12.5. The Bertz CT molecular complexity index is 884. The molecule has 1 aromatic carbocycles. The molecule has 2 aliphatic rings. The highest BCUT2D eigenvalue weighted by Crippen LogP contribution is 2.25. The maximum atomic E-state index is 12.5. The van der Waals surface area contributed by atoms with Gasteiger partial charge in [-0.25, -0.2) is 9.78 Å². The highest BCUT2D eigenvalue weighted by atomic mass is 16.6. The second-order valence-corrected chi connectivity index (χ2v) is 8.38. The minimum Gasteiger partial charge on any atom is -0.410 e. The molecule has 1 aliphatic carbocycles. The molecule has 1 N–H and O–H groups in total. The van der Waals surface area contributed by atoms with E-state index in [4.69, 9.17) is 4.74 Å². The summed E-state index contributed by atoms with van der Waals surface area (Å²) in [6.45, 7) is 4.63. The number of carbonyl (C=O) groups is 2. The molecule has 0 unspecified atom stereocenters. The number of benzene rings is 1. The minimum atomic E-state index is -0.351. The number of nitrogens with zero attached hydrogens (tertiary/aromatic N) is 3. The van der Waals surface area contributed by atoms with Crippen molar-refractivity contribution in [1.29, 1.82) is 0 Å². The summed E-state index contributed by atoms with van der Waals surface area (Å²) in [6, 6.07) is 11.1. The topological polar surface area (TPSA) is 74.8 Å². The summed E-state index contributed by atoms with van der Waals surface area (Å²) >= 11 is 0. The fourth-order valence-corrected chi connectivity index (χ4v) is 4.15. The fraction of sp³-hybridized carbons (Fsp3) is 0.458. The lowest BCUT2D eigenvalue weighted by atomic mass is 9.88. The van der Waals surface area contributed by atoms with Crippen LogP contribution in [0.1, 0.15) is 37.7 Å². The number of aryl methyl sites for hydroxylation is 1. The number of piperazine rings is 1. The lowest BCUT2D eigenvalue weighted by Gasteiger charge is -2.34. The molecule has 0 spiro atoms. The van der Waals surface area contributed by atoms with Crippen LogP contribution in [0.25, 0.3) is 0 Å². The first-order valence-corrected chi connectivity index (χ1v) is 11.1. The molecule has 4 rings (SSSR count). The first-order valence-electron chi connectivity index (χ1n) is 11.1. The second kappa shape index (κ2) is 9.81. The van der Waals surface area contributed by atoms with Crippen LogP contribution in [0.4, 0.5) is 16.3 Å². The molecule has 0 atom stereocenters. The van der Waals surface area contributed by atoms with Crippen molar-refractivity contribution in [1.82, 2.24) is 9.88 Å². The minimum absolute atomic E-state index is 0.0883. The summed E-state index contributed by atoms with van der Waals surface area (Å²) in [5, 5.41) is 2.98. The van der Waals surface area contributed by atoms with E-state index in [1.807, 2.05) is 25.3 Å². The van der Waals surface area contributed by atoms with Gasteiger partial charge in [-0.2, -0.15) is 0 Å². The second-order valence-electron chi connectivity index (χ2n) is 8.38. The van der Waals surface area contributed by atoms with E-state index in [9.17, 15) is 9.59 Å². The number of carbonyl (C=O) groups excluding carboxylic acids is 2. The van der Waals surface area contributed by atoms with E-state index >= 15 is 0 Å². The molecule has 1 saturated carbocycles. The molecule has 0 radical (unpaired) electrons. The fourth-order valence-electron chi connectivity index (χ4n) is 4.15. The summed E-state index contributed by atoms with van der Waals surface area (Å²) in [5.74, 6) is 1.61. The van der Waals surface area contributed by atoms with Crippen molar-refractivity contribution in [2.45, 2.75) is 39.0 Å². The van der Waals surface area contributed by atoms with Gasteiger partial charge in [0, 0.05) is 44.0 Å². The predicted molar refractivity (Wildman–Crippen MR) is 120 cm³/mol. The Morgan fingerprint density at radius 2 is 1.68 bits per heavy atom. The predicted octanol–water partition coefficient (Wildman–Crippen LogP) is 4.23. The van der Waals surface area contributed by atoms with E-state index in [1.54, 1.807) is 29.2 Å². The number of nitrogens with one attached hydrogen (secondary N) is 1. The molecule has 2 aromatic rings. The largest absolute Gasteiger partial charge is 0.415 e. The summed E-state index contributed by atoms with van der Waals surface area (Å²) in [5.41, 5.74) is 1.86. The number of amides is 2. The van der Waals surface area contributed by atoms with Crippen molar-refractivity contribution in [3.63, 3.8) is 0 Å². The van der Waals surface area contributed by atoms with Gasteiger partial charge in [-0.05, 0) is 55.7 Å². The Balaban J connectivity index is 1.25. The van der Waals surface area contributed by atoms with Crippen molar-refractivity contribution in [2.75, 3.05) is 36.4 Å². The number of rotatable bonds is 4. The van der Waals surface area contributed by atoms with Gasteiger partial charge in [-0.1, -0.05) is 25.3 Å². The van der Waals surface area contributed by atoms with Crippen LogP contribution in [-0.2, 0) is 4.79 Å². The van der Waals surface area contributed by atoms with Crippen LogP contribution in [0, 0.1) is 12.8 Å². The molecule has 2 amide bonds. The first-order chi connectivity index (χ1) is 15.1. The number of hydrogen-bond donors (Lipinski definition) is 1. The number of hydrogen-bond acceptors (Lipinski definition) is 5. The van der Waals surface area contributed by atoms with Gasteiger partial charge in [0.15, 0.2) is 0 Å². The van der Waals surface area contributed by atoms with Crippen LogP contribution < -0.4 is 15.0 Å². The summed E-state index contributed by atoms with van der Waals surface area (Å²) in [7, 11) is 0. The summed E-state index contributed by atoms with van der Waals surface area (Å²) in [4.78, 5) is 33.2. The van der Waals surface area contributed by atoms with Crippen LogP contribution in [0.5, 0.6) is 5.75 Å². The molecule has 7 heteroatoms. The quantitative estimate of drug-likeness (QED) is 0.798. The number of pyridine rings is 1. The van der Waals surface area contributed by atoms with Crippen LogP contribution in [0.2, 0.25) is 0 Å².